The smallest absolute Gasteiger partial charge is 0.193 e. The van der Waals surface area contributed by atoms with Gasteiger partial charge < -0.3 is 10.2 Å². The monoisotopic (exact) mass is 249 g/mol. The lowest BCUT2D eigenvalue weighted by molar-refractivity contribution is 0.113. The Hall–Kier alpha value is -0.730. The second-order valence-corrected chi connectivity index (χ2v) is 6.35. The van der Waals surface area contributed by atoms with Crippen LogP contribution in [0.3, 0.4) is 0 Å². The number of nitrogens with zero attached hydrogens (tertiary/aromatic N) is 2. The van der Waals surface area contributed by atoms with E-state index in [0.717, 1.165) is 19.0 Å². The molecule has 0 unspecified atom stereocenters. The van der Waals surface area contributed by atoms with Crippen LogP contribution >= 0.6 is 0 Å². The molecular formula is C15H27N3. The molecule has 0 amide bonds. The Labute approximate surface area is 111 Å². The maximum absolute atomic E-state index is 4.98. The lowest BCUT2D eigenvalue weighted by atomic mass is 9.65. The number of aliphatic imine (C=N–C) groups is 1. The van der Waals surface area contributed by atoms with Gasteiger partial charge in [0.15, 0.2) is 5.96 Å². The fourth-order valence-corrected chi connectivity index (χ4v) is 3.61. The zero-order chi connectivity index (χ0) is 12.4. The Morgan fingerprint density at radius 2 is 1.94 bits per heavy atom. The number of guanidine groups is 1. The number of hydrogen-bond acceptors (Lipinski definition) is 1. The predicted octanol–water partition coefficient (Wildman–Crippen LogP) is 2.63. The third kappa shape index (κ3) is 2.36. The van der Waals surface area contributed by atoms with Crippen molar-refractivity contribution in [3.05, 3.63) is 0 Å². The molecule has 0 aromatic heterocycles. The fraction of sp³-hybridized carbons (Fsp3) is 0.933. The molecule has 0 spiro atoms. The van der Waals surface area contributed by atoms with Gasteiger partial charge in [-0.2, -0.15) is 0 Å². The first-order valence-corrected chi connectivity index (χ1v) is 7.87. The minimum absolute atomic E-state index is 0.612. The molecule has 2 aliphatic carbocycles. The normalized spacial score (nSPS) is 27.2. The Balaban J connectivity index is 1.63. The van der Waals surface area contributed by atoms with Gasteiger partial charge in [-0.25, -0.2) is 0 Å². The molecular weight excluding hydrogens is 222 g/mol. The van der Waals surface area contributed by atoms with Crippen molar-refractivity contribution in [3.63, 3.8) is 0 Å². The van der Waals surface area contributed by atoms with E-state index < -0.39 is 0 Å². The highest BCUT2D eigenvalue weighted by molar-refractivity contribution is 5.80. The van der Waals surface area contributed by atoms with Crippen LogP contribution in [0, 0.1) is 11.3 Å². The van der Waals surface area contributed by atoms with Crippen LogP contribution in [0.25, 0.3) is 0 Å². The minimum Gasteiger partial charge on any atom is -0.357 e. The van der Waals surface area contributed by atoms with Crippen molar-refractivity contribution in [3.8, 4) is 0 Å². The summed E-state index contributed by atoms with van der Waals surface area (Å²) in [4.78, 5) is 7.43. The van der Waals surface area contributed by atoms with Crippen LogP contribution in [0.2, 0.25) is 0 Å². The van der Waals surface area contributed by atoms with Crippen molar-refractivity contribution in [1.29, 1.82) is 0 Å². The van der Waals surface area contributed by atoms with E-state index in [2.05, 4.69) is 17.1 Å². The molecule has 0 radical (unpaired) electrons. The average Bonchev–Trinajstić information content (AvgIpc) is 3.02. The summed E-state index contributed by atoms with van der Waals surface area (Å²) in [5, 5.41) is 3.48. The topological polar surface area (TPSA) is 27.6 Å². The molecule has 0 bridgehead atoms. The van der Waals surface area contributed by atoms with Gasteiger partial charge in [0.05, 0.1) is 0 Å². The van der Waals surface area contributed by atoms with Crippen LogP contribution < -0.4 is 5.32 Å². The maximum atomic E-state index is 4.98. The van der Waals surface area contributed by atoms with Crippen molar-refractivity contribution < 1.29 is 0 Å². The fourth-order valence-electron chi connectivity index (χ4n) is 3.61. The molecule has 1 aliphatic heterocycles. The molecule has 18 heavy (non-hydrogen) atoms. The number of rotatable bonds is 4. The van der Waals surface area contributed by atoms with Gasteiger partial charge >= 0.3 is 0 Å². The molecule has 3 fully saturated rings. The van der Waals surface area contributed by atoms with Gasteiger partial charge in [-0.3, -0.25) is 4.99 Å². The lowest BCUT2D eigenvalue weighted by Gasteiger charge is -2.41. The van der Waals surface area contributed by atoms with Crippen LogP contribution in [0.4, 0.5) is 0 Å². The standard InChI is InChI=1S/C15H27N3/c1-2-16-14(18-10-3-4-11-18)17-12-15(8-5-9-15)13-6-7-13/h13H,2-12H2,1H3,(H,16,17). The van der Waals surface area contributed by atoms with Gasteiger partial charge in [0.25, 0.3) is 0 Å². The highest BCUT2D eigenvalue weighted by Crippen LogP contribution is 2.57. The van der Waals surface area contributed by atoms with Gasteiger partial charge in [0.2, 0.25) is 0 Å². The first-order valence-electron chi connectivity index (χ1n) is 7.87. The number of nitrogens with one attached hydrogen (secondary N) is 1. The second kappa shape index (κ2) is 5.10. The van der Waals surface area contributed by atoms with E-state index >= 15 is 0 Å². The molecule has 0 atom stereocenters. The highest BCUT2D eigenvalue weighted by atomic mass is 15.3. The van der Waals surface area contributed by atoms with Gasteiger partial charge in [-0.05, 0) is 56.8 Å². The quantitative estimate of drug-likeness (QED) is 0.612. The van der Waals surface area contributed by atoms with Gasteiger partial charge in [0.1, 0.15) is 0 Å². The summed E-state index contributed by atoms with van der Waals surface area (Å²) in [6.07, 6.45) is 9.90. The molecule has 102 valence electrons. The zero-order valence-electron chi connectivity index (χ0n) is 11.7. The van der Waals surface area contributed by atoms with E-state index in [0.29, 0.717) is 5.41 Å². The number of likely N-dealkylation sites (tertiary alicyclic amines) is 1. The first-order chi connectivity index (χ1) is 8.84. The SMILES string of the molecule is CCNC(=NCC1(C2CC2)CCC1)N1CCCC1. The number of hydrogen-bond donors (Lipinski definition) is 1. The van der Waals surface area contributed by atoms with Crippen molar-refractivity contribution in [1.82, 2.24) is 10.2 Å². The van der Waals surface area contributed by atoms with Crippen LogP contribution in [0.5, 0.6) is 0 Å². The summed E-state index contributed by atoms with van der Waals surface area (Å²) >= 11 is 0. The van der Waals surface area contributed by atoms with E-state index in [1.807, 2.05) is 0 Å². The molecule has 2 saturated carbocycles. The van der Waals surface area contributed by atoms with E-state index in [1.165, 1.54) is 64.0 Å². The summed E-state index contributed by atoms with van der Waals surface area (Å²) in [5.41, 5.74) is 0.612. The molecule has 3 nitrogen and oxygen atoms in total. The van der Waals surface area contributed by atoms with Gasteiger partial charge in [-0.1, -0.05) is 6.42 Å². The van der Waals surface area contributed by atoms with Crippen molar-refractivity contribution in [2.75, 3.05) is 26.2 Å². The summed E-state index contributed by atoms with van der Waals surface area (Å²) in [7, 11) is 0. The predicted molar refractivity (Wildman–Crippen MR) is 75.8 cm³/mol. The van der Waals surface area contributed by atoms with Gasteiger partial charge in [0, 0.05) is 26.2 Å². The van der Waals surface area contributed by atoms with Crippen LogP contribution in [-0.4, -0.2) is 37.0 Å². The summed E-state index contributed by atoms with van der Waals surface area (Å²) in [6.45, 7) is 6.64. The van der Waals surface area contributed by atoms with E-state index in [9.17, 15) is 0 Å². The van der Waals surface area contributed by atoms with Crippen molar-refractivity contribution in [2.45, 2.75) is 51.9 Å². The molecule has 0 aromatic carbocycles. The Bertz CT molecular complexity index is 310. The average molecular weight is 249 g/mol. The molecule has 3 rings (SSSR count). The molecule has 0 aromatic rings. The molecule has 3 aliphatic rings. The minimum atomic E-state index is 0.612. The van der Waals surface area contributed by atoms with Crippen molar-refractivity contribution >= 4 is 5.96 Å². The Kier molecular flexibility index (Phi) is 3.49. The third-order valence-electron chi connectivity index (χ3n) is 5.08. The zero-order valence-corrected chi connectivity index (χ0v) is 11.7. The molecule has 1 saturated heterocycles. The Morgan fingerprint density at radius 3 is 2.44 bits per heavy atom. The van der Waals surface area contributed by atoms with E-state index in [1.54, 1.807) is 0 Å². The van der Waals surface area contributed by atoms with E-state index in [-0.39, 0.29) is 0 Å². The lowest BCUT2D eigenvalue weighted by Crippen LogP contribution is -2.42. The highest BCUT2D eigenvalue weighted by Gasteiger charge is 2.48. The molecule has 3 heteroatoms. The van der Waals surface area contributed by atoms with Gasteiger partial charge in [-0.15, -0.1) is 0 Å². The van der Waals surface area contributed by atoms with Crippen LogP contribution in [-0.2, 0) is 0 Å². The largest absolute Gasteiger partial charge is 0.357 e. The second-order valence-electron chi connectivity index (χ2n) is 6.35. The van der Waals surface area contributed by atoms with E-state index in [4.69, 9.17) is 4.99 Å². The van der Waals surface area contributed by atoms with Crippen molar-refractivity contribution in [2.24, 2.45) is 16.3 Å². The Morgan fingerprint density at radius 1 is 1.22 bits per heavy atom. The third-order valence-corrected chi connectivity index (χ3v) is 5.08. The summed E-state index contributed by atoms with van der Waals surface area (Å²) < 4.78 is 0. The first kappa shape index (κ1) is 12.3. The maximum Gasteiger partial charge on any atom is 0.193 e. The molecule has 1 N–H and O–H groups in total. The molecule has 1 heterocycles. The summed E-state index contributed by atoms with van der Waals surface area (Å²) in [6, 6.07) is 0. The van der Waals surface area contributed by atoms with Crippen LogP contribution in [0.1, 0.15) is 51.9 Å². The van der Waals surface area contributed by atoms with Crippen LogP contribution in [0.15, 0.2) is 4.99 Å². The summed E-state index contributed by atoms with van der Waals surface area (Å²) in [5.74, 6) is 2.19.